The maximum atomic E-state index is 13.0. The van der Waals surface area contributed by atoms with Gasteiger partial charge in [0.25, 0.3) is 5.91 Å². The number of benzene rings is 2. The Balaban J connectivity index is 1.33. The van der Waals surface area contributed by atoms with Crippen molar-refractivity contribution < 1.29 is 9.53 Å². The van der Waals surface area contributed by atoms with E-state index in [1.54, 1.807) is 0 Å². The van der Waals surface area contributed by atoms with Crippen LogP contribution in [-0.4, -0.2) is 26.7 Å². The lowest BCUT2D eigenvalue weighted by molar-refractivity contribution is 0.0683. The minimum Gasteiger partial charge on any atom is -0.487 e. The van der Waals surface area contributed by atoms with Gasteiger partial charge in [0.05, 0.1) is 11.3 Å². The van der Waals surface area contributed by atoms with Crippen molar-refractivity contribution in [2.45, 2.75) is 26.1 Å². The summed E-state index contributed by atoms with van der Waals surface area (Å²) in [5.41, 5.74) is 4.40. The first-order valence-corrected chi connectivity index (χ1v) is 10.5. The number of anilines is 1. The van der Waals surface area contributed by atoms with Crippen LogP contribution in [0.1, 0.15) is 41.1 Å². The van der Waals surface area contributed by atoms with Crippen LogP contribution in [0.25, 0.3) is 5.65 Å². The zero-order valence-corrected chi connectivity index (χ0v) is 17.4. The third-order valence-electron chi connectivity index (χ3n) is 5.48. The van der Waals surface area contributed by atoms with Gasteiger partial charge in [-0.2, -0.15) is 0 Å². The summed E-state index contributed by atoms with van der Waals surface area (Å²) in [6, 6.07) is 21.5. The number of hydrogen-bond acceptors (Lipinski definition) is 4. The van der Waals surface area contributed by atoms with Crippen LogP contribution in [0.5, 0.6) is 5.75 Å². The lowest BCUT2D eigenvalue weighted by Crippen LogP contribution is -2.43. The van der Waals surface area contributed by atoms with Crippen LogP contribution in [-0.2, 0) is 6.61 Å². The van der Waals surface area contributed by atoms with E-state index < -0.39 is 0 Å². The van der Waals surface area contributed by atoms with E-state index in [1.807, 2.05) is 88.4 Å². The van der Waals surface area contributed by atoms with Crippen LogP contribution in [0, 0.1) is 0 Å². The number of ether oxygens (including phenoxy) is 1. The smallest absolute Gasteiger partial charge is 0.257 e. The minimum atomic E-state index is -0.199. The molecule has 0 radical (unpaired) electrons. The van der Waals surface area contributed by atoms with Gasteiger partial charge >= 0.3 is 0 Å². The minimum absolute atomic E-state index is 0.0633. The second-order valence-electron chi connectivity index (χ2n) is 7.65. The average molecular weight is 412 g/mol. The number of para-hydroxylation sites is 1. The van der Waals surface area contributed by atoms with E-state index in [4.69, 9.17) is 4.74 Å². The van der Waals surface area contributed by atoms with Gasteiger partial charge in [-0.25, -0.2) is 4.98 Å². The van der Waals surface area contributed by atoms with E-state index in [-0.39, 0.29) is 12.1 Å². The fraction of sp³-hybridized carbons (Fsp3) is 0.200. The van der Waals surface area contributed by atoms with Crippen molar-refractivity contribution in [1.29, 1.82) is 0 Å². The summed E-state index contributed by atoms with van der Waals surface area (Å²) < 4.78 is 7.92. The highest BCUT2D eigenvalue weighted by Gasteiger charge is 2.32. The second kappa shape index (κ2) is 8.14. The summed E-state index contributed by atoms with van der Waals surface area (Å²) in [5.74, 6) is 0.832. The third kappa shape index (κ3) is 3.72. The molecular weight excluding hydrogens is 388 g/mol. The molecule has 0 saturated heterocycles. The topological polar surface area (TPSA) is 58.9 Å². The Labute approximate surface area is 181 Å². The number of nitrogens with one attached hydrogen (secondary N) is 1. The van der Waals surface area contributed by atoms with Crippen molar-refractivity contribution in [3.05, 3.63) is 95.9 Å². The number of hydrogen-bond donors (Lipinski definition) is 1. The first-order chi connectivity index (χ1) is 15.2. The molecule has 6 nitrogen and oxygen atoms in total. The molecule has 2 aromatic heterocycles. The maximum absolute atomic E-state index is 13.0. The molecule has 5 rings (SSSR count). The summed E-state index contributed by atoms with van der Waals surface area (Å²) in [5, 5.41) is 3.52. The quantitative estimate of drug-likeness (QED) is 0.490. The zero-order chi connectivity index (χ0) is 21.2. The van der Waals surface area contributed by atoms with Gasteiger partial charge in [0.1, 0.15) is 24.2 Å². The Morgan fingerprint density at radius 2 is 1.84 bits per heavy atom. The summed E-state index contributed by atoms with van der Waals surface area (Å²) in [6.07, 6.45) is 4.64. The molecule has 0 bridgehead atoms. The molecule has 156 valence electrons. The molecule has 6 heteroatoms. The Morgan fingerprint density at radius 1 is 1.03 bits per heavy atom. The summed E-state index contributed by atoms with van der Waals surface area (Å²) >= 11 is 0. The van der Waals surface area contributed by atoms with Crippen LogP contribution < -0.4 is 10.1 Å². The van der Waals surface area contributed by atoms with Gasteiger partial charge in [-0.1, -0.05) is 37.3 Å². The fourth-order valence-corrected chi connectivity index (χ4v) is 3.99. The average Bonchev–Trinajstić information content (AvgIpc) is 3.23. The van der Waals surface area contributed by atoms with Gasteiger partial charge in [0.2, 0.25) is 0 Å². The summed E-state index contributed by atoms with van der Waals surface area (Å²) in [4.78, 5) is 19.5. The van der Waals surface area contributed by atoms with Gasteiger partial charge in [0, 0.05) is 24.6 Å². The number of rotatable bonds is 6. The van der Waals surface area contributed by atoms with Crippen molar-refractivity contribution in [3.8, 4) is 5.75 Å². The predicted octanol–water partition coefficient (Wildman–Crippen LogP) is 4.89. The maximum Gasteiger partial charge on any atom is 0.257 e. The Kier molecular flexibility index (Phi) is 5.04. The normalized spacial score (nSPS) is 15.6. The number of amides is 1. The van der Waals surface area contributed by atoms with Gasteiger partial charge < -0.3 is 19.4 Å². The van der Waals surface area contributed by atoms with Crippen LogP contribution in [0.2, 0.25) is 0 Å². The molecule has 4 aromatic rings. The predicted molar refractivity (Wildman–Crippen MR) is 120 cm³/mol. The SMILES string of the molecule is CCCN1C(=O)c2ccccc2NC1c1ccc(OCc2cn3ccccc3n2)cc1. The number of fused-ring (bicyclic) bond motifs is 2. The van der Waals surface area contributed by atoms with E-state index >= 15 is 0 Å². The number of carbonyl (C=O) groups excluding carboxylic acids is 1. The molecule has 0 spiro atoms. The molecule has 31 heavy (non-hydrogen) atoms. The molecule has 1 amide bonds. The molecule has 1 unspecified atom stereocenters. The highest BCUT2D eigenvalue weighted by molar-refractivity contribution is 6.01. The Bertz CT molecular complexity index is 1180. The molecule has 1 aliphatic rings. The third-order valence-corrected chi connectivity index (χ3v) is 5.48. The van der Waals surface area contributed by atoms with E-state index in [0.717, 1.165) is 40.3 Å². The molecule has 1 N–H and O–H groups in total. The zero-order valence-electron chi connectivity index (χ0n) is 17.4. The highest BCUT2D eigenvalue weighted by Crippen LogP contribution is 2.33. The van der Waals surface area contributed by atoms with Crippen molar-refractivity contribution in [2.75, 3.05) is 11.9 Å². The van der Waals surface area contributed by atoms with Crippen molar-refractivity contribution in [3.63, 3.8) is 0 Å². The number of aromatic nitrogens is 2. The van der Waals surface area contributed by atoms with Crippen LogP contribution in [0.3, 0.4) is 0 Å². The van der Waals surface area contributed by atoms with Crippen LogP contribution in [0.15, 0.2) is 79.1 Å². The van der Waals surface area contributed by atoms with Gasteiger partial charge in [-0.15, -0.1) is 0 Å². The number of carbonyl (C=O) groups is 1. The van der Waals surface area contributed by atoms with E-state index in [9.17, 15) is 4.79 Å². The lowest BCUT2D eigenvalue weighted by Gasteiger charge is -2.38. The molecule has 1 atom stereocenters. The van der Waals surface area contributed by atoms with E-state index in [1.165, 1.54) is 0 Å². The van der Waals surface area contributed by atoms with Crippen LogP contribution in [0.4, 0.5) is 5.69 Å². The van der Waals surface area contributed by atoms with Crippen molar-refractivity contribution in [2.24, 2.45) is 0 Å². The first kappa shape index (κ1) is 19.2. The molecule has 0 saturated carbocycles. The van der Waals surface area contributed by atoms with Gasteiger partial charge in [-0.3, -0.25) is 4.79 Å². The largest absolute Gasteiger partial charge is 0.487 e. The highest BCUT2D eigenvalue weighted by atomic mass is 16.5. The fourth-order valence-electron chi connectivity index (χ4n) is 3.99. The van der Waals surface area contributed by atoms with Crippen molar-refractivity contribution in [1.82, 2.24) is 14.3 Å². The molecule has 0 aliphatic carbocycles. The molecule has 2 aromatic carbocycles. The standard InChI is InChI=1S/C25H24N4O2/c1-2-14-29-24(27-22-8-4-3-7-21(22)25(29)30)18-10-12-20(13-11-18)31-17-19-16-28-15-6-5-9-23(28)26-19/h3-13,15-16,24,27H,2,14,17H2,1H3. The number of imidazole rings is 1. The molecular formula is C25H24N4O2. The molecule has 3 heterocycles. The van der Waals surface area contributed by atoms with E-state index in [2.05, 4.69) is 17.2 Å². The van der Waals surface area contributed by atoms with E-state index in [0.29, 0.717) is 13.2 Å². The first-order valence-electron chi connectivity index (χ1n) is 10.5. The summed E-state index contributed by atoms with van der Waals surface area (Å²) in [6.45, 7) is 3.18. The van der Waals surface area contributed by atoms with Crippen LogP contribution >= 0.6 is 0 Å². The van der Waals surface area contributed by atoms with Gasteiger partial charge in [0.15, 0.2) is 0 Å². The second-order valence-corrected chi connectivity index (χ2v) is 7.65. The number of nitrogens with zero attached hydrogens (tertiary/aromatic N) is 3. The monoisotopic (exact) mass is 412 g/mol. The molecule has 1 aliphatic heterocycles. The lowest BCUT2D eigenvalue weighted by atomic mass is 10.0. The summed E-state index contributed by atoms with van der Waals surface area (Å²) in [7, 11) is 0. The molecule has 0 fully saturated rings. The van der Waals surface area contributed by atoms with Crippen molar-refractivity contribution >= 4 is 17.2 Å². The Hall–Kier alpha value is -3.80. The van der Waals surface area contributed by atoms with Gasteiger partial charge in [-0.05, 0) is 48.4 Å². The number of pyridine rings is 1. The Morgan fingerprint density at radius 3 is 2.65 bits per heavy atom.